The van der Waals surface area contributed by atoms with Gasteiger partial charge < -0.3 is 19.5 Å². The predicted octanol–water partition coefficient (Wildman–Crippen LogP) is 1.77. The Bertz CT molecular complexity index is 954. The Labute approximate surface area is 175 Å². The monoisotopic (exact) mass is 412 g/mol. The van der Waals surface area contributed by atoms with Crippen molar-refractivity contribution in [3.8, 4) is 11.5 Å². The van der Waals surface area contributed by atoms with Gasteiger partial charge in [0, 0.05) is 37.8 Å². The van der Waals surface area contributed by atoms with Crippen LogP contribution in [-0.2, 0) is 6.54 Å². The molecule has 0 saturated carbocycles. The van der Waals surface area contributed by atoms with Crippen molar-refractivity contribution in [1.29, 1.82) is 0 Å². The van der Waals surface area contributed by atoms with E-state index < -0.39 is 0 Å². The molecule has 2 saturated heterocycles. The number of aliphatic hydroxyl groups is 1. The Morgan fingerprint density at radius 1 is 1.13 bits per heavy atom. The average Bonchev–Trinajstić information content (AvgIpc) is 3.24. The fourth-order valence-electron chi connectivity index (χ4n) is 4.71. The first-order valence-electron chi connectivity index (χ1n) is 10.8. The number of aliphatic hydroxyl groups excluding tert-OH is 1. The fraction of sp³-hybridized carbons (Fsp3) is 0.545. The van der Waals surface area contributed by atoms with Crippen LogP contribution in [0.5, 0.6) is 11.5 Å². The van der Waals surface area contributed by atoms with Gasteiger partial charge in [0.05, 0.1) is 24.0 Å². The second-order valence-electron chi connectivity index (χ2n) is 8.40. The van der Waals surface area contributed by atoms with Gasteiger partial charge in [0.1, 0.15) is 0 Å². The number of nitrogens with zero attached hydrogens (tertiary/aromatic N) is 4. The fourth-order valence-corrected chi connectivity index (χ4v) is 4.71. The molecule has 2 aromatic rings. The normalized spacial score (nSPS) is 22.4. The van der Waals surface area contributed by atoms with Crippen LogP contribution in [0, 0.1) is 0 Å². The van der Waals surface area contributed by atoms with Crippen LogP contribution in [0.2, 0.25) is 0 Å². The third-order valence-corrected chi connectivity index (χ3v) is 6.34. The highest BCUT2D eigenvalue weighted by Gasteiger charge is 2.26. The van der Waals surface area contributed by atoms with Crippen molar-refractivity contribution in [2.75, 3.05) is 37.9 Å². The largest absolute Gasteiger partial charge is 0.454 e. The average molecular weight is 412 g/mol. The number of hydrogen-bond donors (Lipinski definition) is 1. The number of benzene rings is 1. The zero-order chi connectivity index (χ0) is 20.5. The summed E-state index contributed by atoms with van der Waals surface area (Å²) in [5.74, 6) is 1.64. The van der Waals surface area contributed by atoms with Gasteiger partial charge in [-0.1, -0.05) is 12.1 Å². The molecule has 0 spiro atoms. The number of aromatic nitrogens is 2. The number of likely N-dealkylation sites (tertiary alicyclic amines) is 1. The minimum Gasteiger partial charge on any atom is -0.454 e. The Morgan fingerprint density at radius 2 is 2.00 bits per heavy atom. The van der Waals surface area contributed by atoms with Crippen LogP contribution in [0.3, 0.4) is 0 Å². The molecule has 0 amide bonds. The van der Waals surface area contributed by atoms with E-state index in [4.69, 9.17) is 9.47 Å². The SMILES string of the molecule is O=c1cc(N2CCC(O)CC2)cnn1[C@@H]1CCCN(Cc2cccc3c2OCO3)C1. The standard InChI is InChI=1S/C22H28N4O4/c27-19-6-9-25(10-7-19)18-11-21(28)26(23-12-18)17-4-2-8-24(14-17)13-16-3-1-5-20-22(16)30-15-29-20/h1,3,5,11-12,17,19,27H,2,4,6-10,13-15H2/t17-/m1/s1. The van der Waals surface area contributed by atoms with Gasteiger partial charge in [0.25, 0.3) is 5.56 Å². The van der Waals surface area contributed by atoms with E-state index in [1.165, 1.54) is 0 Å². The van der Waals surface area contributed by atoms with E-state index in [0.29, 0.717) is 0 Å². The van der Waals surface area contributed by atoms with Crippen LogP contribution in [0.4, 0.5) is 5.69 Å². The molecule has 3 aliphatic heterocycles. The van der Waals surface area contributed by atoms with Crippen molar-refractivity contribution in [3.63, 3.8) is 0 Å². The van der Waals surface area contributed by atoms with E-state index in [0.717, 1.165) is 81.2 Å². The summed E-state index contributed by atoms with van der Waals surface area (Å²) in [5, 5.41) is 14.2. The first-order chi connectivity index (χ1) is 14.7. The van der Waals surface area contributed by atoms with Crippen molar-refractivity contribution >= 4 is 5.69 Å². The molecular weight excluding hydrogens is 384 g/mol. The molecule has 3 aliphatic rings. The van der Waals surface area contributed by atoms with E-state index in [1.807, 2.05) is 12.1 Å². The first-order valence-corrected chi connectivity index (χ1v) is 10.8. The van der Waals surface area contributed by atoms with E-state index in [2.05, 4.69) is 21.0 Å². The molecule has 1 aromatic heterocycles. The molecule has 0 aliphatic carbocycles. The molecule has 8 nitrogen and oxygen atoms in total. The smallest absolute Gasteiger partial charge is 0.269 e. The molecule has 160 valence electrons. The van der Waals surface area contributed by atoms with Crippen molar-refractivity contribution in [2.45, 2.75) is 44.4 Å². The minimum absolute atomic E-state index is 0.0530. The highest BCUT2D eigenvalue weighted by molar-refractivity contribution is 5.48. The Kier molecular flexibility index (Phi) is 5.35. The molecule has 0 bridgehead atoms. The van der Waals surface area contributed by atoms with Gasteiger partial charge in [-0.3, -0.25) is 9.69 Å². The van der Waals surface area contributed by atoms with E-state index >= 15 is 0 Å². The van der Waals surface area contributed by atoms with E-state index in [-0.39, 0.29) is 24.5 Å². The Balaban J connectivity index is 1.28. The summed E-state index contributed by atoms with van der Waals surface area (Å²) in [6.07, 6.45) is 5.01. The number of para-hydroxylation sites is 1. The Hall–Kier alpha value is -2.58. The summed E-state index contributed by atoms with van der Waals surface area (Å²) < 4.78 is 12.8. The minimum atomic E-state index is -0.231. The summed E-state index contributed by atoms with van der Waals surface area (Å²) in [6, 6.07) is 7.76. The number of ether oxygens (including phenoxy) is 2. The predicted molar refractivity (Wildman–Crippen MR) is 112 cm³/mol. The van der Waals surface area contributed by atoms with Crippen LogP contribution in [-0.4, -0.2) is 58.9 Å². The van der Waals surface area contributed by atoms with Crippen molar-refractivity contribution in [2.24, 2.45) is 0 Å². The zero-order valence-electron chi connectivity index (χ0n) is 17.1. The molecule has 1 N–H and O–H groups in total. The van der Waals surface area contributed by atoms with Crippen LogP contribution in [0.1, 0.15) is 37.3 Å². The van der Waals surface area contributed by atoms with Crippen molar-refractivity contribution in [1.82, 2.24) is 14.7 Å². The maximum absolute atomic E-state index is 12.8. The molecule has 5 rings (SSSR count). The number of fused-ring (bicyclic) bond motifs is 1. The maximum atomic E-state index is 12.8. The number of hydrogen-bond acceptors (Lipinski definition) is 7. The summed E-state index contributed by atoms with van der Waals surface area (Å²) in [4.78, 5) is 17.3. The van der Waals surface area contributed by atoms with Gasteiger partial charge in [-0.2, -0.15) is 5.10 Å². The molecule has 30 heavy (non-hydrogen) atoms. The molecule has 0 radical (unpaired) electrons. The van der Waals surface area contributed by atoms with Gasteiger partial charge >= 0.3 is 0 Å². The first kappa shape index (κ1) is 19.4. The molecule has 8 heteroatoms. The molecule has 1 atom stereocenters. The highest BCUT2D eigenvalue weighted by atomic mass is 16.7. The van der Waals surface area contributed by atoms with E-state index in [1.54, 1.807) is 16.9 Å². The number of anilines is 1. The van der Waals surface area contributed by atoms with Crippen LogP contribution in [0.25, 0.3) is 0 Å². The van der Waals surface area contributed by atoms with Crippen LogP contribution >= 0.6 is 0 Å². The van der Waals surface area contributed by atoms with Crippen molar-refractivity contribution < 1.29 is 14.6 Å². The summed E-state index contributed by atoms with van der Waals surface area (Å²) in [6.45, 7) is 4.34. The van der Waals surface area contributed by atoms with Gasteiger partial charge in [-0.05, 0) is 38.3 Å². The molecule has 4 heterocycles. The van der Waals surface area contributed by atoms with Gasteiger partial charge in [0.15, 0.2) is 11.5 Å². The summed E-state index contributed by atoms with van der Waals surface area (Å²) in [7, 11) is 0. The molecule has 1 aromatic carbocycles. The summed E-state index contributed by atoms with van der Waals surface area (Å²) >= 11 is 0. The second kappa shape index (κ2) is 8.28. The lowest BCUT2D eigenvalue weighted by atomic mass is 10.0. The number of rotatable bonds is 4. The molecule has 2 fully saturated rings. The zero-order valence-corrected chi connectivity index (χ0v) is 17.1. The molecular formula is C22H28N4O4. The van der Waals surface area contributed by atoms with E-state index in [9.17, 15) is 9.90 Å². The quantitative estimate of drug-likeness (QED) is 0.820. The van der Waals surface area contributed by atoms with Gasteiger partial charge in [0.2, 0.25) is 6.79 Å². The van der Waals surface area contributed by atoms with Crippen LogP contribution < -0.4 is 19.9 Å². The maximum Gasteiger partial charge on any atom is 0.269 e. The van der Waals surface area contributed by atoms with Crippen LogP contribution in [0.15, 0.2) is 35.3 Å². The highest BCUT2D eigenvalue weighted by Crippen LogP contribution is 2.36. The lowest BCUT2D eigenvalue weighted by molar-refractivity contribution is 0.145. The second-order valence-corrected chi connectivity index (χ2v) is 8.40. The van der Waals surface area contributed by atoms with Gasteiger partial charge in [-0.15, -0.1) is 0 Å². The third kappa shape index (κ3) is 3.89. The lowest BCUT2D eigenvalue weighted by Crippen LogP contribution is -2.41. The third-order valence-electron chi connectivity index (χ3n) is 6.34. The topological polar surface area (TPSA) is 80.1 Å². The van der Waals surface area contributed by atoms with Gasteiger partial charge in [-0.25, -0.2) is 4.68 Å². The summed E-state index contributed by atoms with van der Waals surface area (Å²) in [5.41, 5.74) is 1.92. The van der Waals surface area contributed by atoms with Crippen molar-refractivity contribution in [3.05, 3.63) is 46.4 Å². The lowest BCUT2D eigenvalue weighted by Gasteiger charge is -2.34. The number of piperidine rings is 2. The molecule has 0 unspecified atom stereocenters. The Morgan fingerprint density at radius 3 is 2.83 bits per heavy atom.